The smallest absolute Gasteiger partial charge is 0.161 e. The second kappa shape index (κ2) is 7.98. The molecule has 0 atom stereocenters. The van der Waals surface area contributed by atoms with Gasteiger partial charge in [-0.05, 0) is 17.7 Å². The van der Waals surface area contributed by atoms with Crippen molar-refractivity contribution in [1.82, 2.24) is 5.32 Å². The largest absolute Gasteiger partial charge is 0.493 e. The van der Waals surface area contributed by atoms with E-state index in [1.54, 1.807) is 14.2 Å². The van der Waals surface area contributed by atoms with Crippen LogP contribution >= 0.6 is 11.6 Å². The van der Waals surface area contributed by atoms with Crippen LogP contribution in [0.5, 0.6) is 11.5 Å². The standard InChI is InChI=1S/C13H18ClNO2/c1-16-12-6-5-11(9-13(12)17-2)10-15-8-4-3-7-14/h3-6,9,15H,7-8,10H2,1-2H3/b4-3+. The Bertz CT molecular complexity index is 366. The van der Waals surface area contributed by atoms with Crippen LogP contribution in [0.25, 0.3) is 0 Å². The van der Waals surface area contributed by atoms with E-state index >= 15 is 0 Å². The van der Waals surface area contributed by atoms with Crippen LogP contribution < -0.4 is 14.8 Å². The van der Waals surface area contributed by atoms with Gasteiger partial charge in [-0.25, -0.2) is 0 Å². The summed E-state index contributed by atoms with van der Waals surface area (Å²) in [5.41, 5.74) is 1.15. The number of methoxy groups -OCH3 is 2. The Morgan fingerprint density at radius 2 is 1.94 bits per heavy atom. The van der Waals surface area contributed by atoms with Crippen LogP contribution in [0.3, 0.4) is 0 Å². The Morgan fingerprint density at radius 3 is 2.59 bits per heavy atom. The number of benzene rings is 1. The Hall–Kier alpha value is -1.19. The molecule has 0 aliphatic rings. The molecule has 3 nitrogen and oxygen atoms in total. The third-order valence-corrected chi connectivity index (χ3v) is 2.47. The van der Waals surface area contributed by atoms with E-state index in [1.807, 2.05) is 30.4 Å². The van der Waals surface area contributed by atoms with E-state index in [0.29, 0.717) is 5.88 Å². The summed E-state index contributed by atoms with van der Waals surface area (Å²) in [5, 5.41) is 3.28. The molecule has 0 aliphatic heterocycles. The van der Waals surface area contributed by atoms with Crippen LogP contribution in [0.4, 0.5) is 0 Å². The van der Waals surface area contributed by atoms with Crippen molar-refractivity contribution >= 4 is 11.6 Å². The SMILES string of the molecule is COc1ccc(CNC/C=C/CCl)cc1OC. The van der Waals surface area contributed by atoms with Gasteiger partial charge in [0, 0.05) is 19.0 Å². The first-order chi connectivity index (χ1) is 8.31. The Kier molecular flexibility index (Phi) is 6.51. The predicted molar refractivity (Wildman–Crippen MR) is 71.1 cm³/mol. The zero-order valence-corrected chi connectivity index (χ0v) is 11.0. The lowest BCUT2D eigenvalue weighted by Crippen LogP contribution is -2.12. The topological polar surface area (TPSA) is 30.5 Å². The molecular weight excluding hydrogens is 238 g/mol. The van der Waals surface area contributed by atoms with Crippen molar-refractivity contribution in [2.24, 2.45) is 0 Å². The molecule has 4 heteroatoms. The van der Waals surface area contributed by atoms with E-state index < -0.39 is 0 Å². The molecule has 0 aliphatic carbocycles. The number of nitrogens with one attached hydrogen (secondary N) is 1. The number of hydrogen-bond donors (Lipinski definition) is 1. The van der Waals surface area contributed by atoms with E-state index in [4.69, 9.17) is 21.1 Å². The fourth-order valence-electron chi connectivity index (χ4n) is 1.44. The van der Waals surface area contributed by atoms with E-state index in [0.717, 1.165) is 30.2 Å². The average Bonchev–Trinajstić information content (AvgIpc) is 2.38. The number of rotatable bonds is 7. The number of hydrogen-bond acceptors (Lipinski definition) is 3. The molecule has 1 aromatic rings. The van der Waals surface area contributed by atoms with Gasteiger partial charge in [-0.3, -0.25) is 0 Å². The Labute approximate surface area is 107 Å². The molecule has 1 N–H and O–H groups in total. The number of halogens is 1. The van der Waals surface area contributed by atoms with Gasteiger partial charge < -0.3 is 14.8 Å². The summed E-state index contributed by atoms with van der Waals surface area (Å²) in [6, 6.07) is 5.89. The first-order valence-corrected chi connectivity index (χ1v) is 5.98. The summed E-state index contributed by atoms with van der Waals surface area (Å²) < 4.78 is 10.4. The lowest BCUT2D eigenvalue weighted by Gasteiger charge is -2.09. The fraction of sp³-hybridized carbons (Fsp3) is 0.385. The second-order valence-corrected chi connectivity index (χ2v) is 3.75. The van der Waals surface area contributed by atoms with Gasteiger partial charge in [0.05, 0.1) is 14.2 Å². The van der Waals surface area contributed by atoms with Gasteiger partial charge in [0.25, 0.3) is 0 Å². The van der Waals surface area contributed by atoms with Crippen molar-refractivity contribution in [3.8, 4) is 11.5 Å². The maximum atomic E-state index is 5.53. The van der Waals surface area contributed by atoms with Gasteiger partial charge in [-0.1, -0.05) is 18.2 Å². The maximum absolute atomic E-state index is 5.53. The van der Waals surface area contributed by atoms with E-state index in [1.165, 1.54) is 0 Å². The normalized spacial score (nSPS) is 10.8. The Morgan fingerprint density at radius 1 is 1.18 bits per heavy atom. The lowest BCUT2D eigenvalue weighted by molar-refractivity contribution is 0.354. The summed E-state index contributed by atoms with van der Waals surface area (Å²) in [4.78, 5) is 0. The molecule has 0 saturated carbocycles. The molecule has 0 amide bonds. The predicted octanol–water partition coefficient (Wildman–Crippen LogP) is 2.59. The van der Waals surface area contributed by atoms with Gasteiger partial charge in [-0.2, -0.15) is 0 Å². The van der Waals surface area contributed by atoms with Crippen LogP contribution in [0.2, 0.25) is 0 Å². The summed E-state index contributed by atoms with van der Waals surface area (Å²) in [6.07, 6.45) is 3.93. The molecule has 1 aromatic carbocycles. The maximum Gasteiger partial charge on any atom is 0.161 e. The monoisotopic (exact) mass is 255 g/mol. The lowest BCUT2D eigenvalue weighted by atomic mass is 10.2. The van der Waals surface area contributed by atoms with Gasteiger partial charge in [-0.15, -0.1) is 11.6 Å². The fourth-order valence-corrected chi connectivity index (χ4v) is 1.56. The molecule has 0 bridgehead atoms. The van der Waals surface area contributed by atoms with Crippen molar-refractivity contribution in [2.75, 3.05) is 26.6 Å². The molecule has 1 rings (SSSR count). The second-order valence-electron chi connectivity index (χ2n) is 3.45. The van der Waals surface area contributed by atoms with Gasteiger partial charge >= 0.3 is 0 Å². The number of ether oxygens (including phenoxy) is 2. The van der Waals surface area contributed by atoms with E-state index in [-0.39, 0.29) is 0 Å². The summed E-state index contributed by atoms with van der Waals surface area (Å²) >= 11 is 5.53. The van der Waals surface area contributed by atoms with Crippen LogP contribution in [0.1, 0.15) is 5.56 Å². The van der Waals surface area contributed by atoms with Crippen molar-refractivity contribution in [2.45, 2.75) is 6.54 Å². The Balaban J connectivity index is 2.51. The van der Waals surface area contributed by atoms with E-state index in [2.05, 4.69) is 5.32 Å². The minimum absolute atomic E-state index is 0.554. The van der Waals surface area contributed by atoms with Gasteiger partial charge in [0.1, 0.15) is 0 Å². The number of allylic oxidation sites excluding steroid dienone is 1. The zero-order valence-electron chi connectivity index (χ0n) is 10.2. The molecule has 0 unspecified atom stereocenters. The summed E-state index contributed by atoms with van der Waals surface area (Å²) in [5.74, 6) is 2.05. The highest BCUT2D eigenvalue weighted by Gasteiger charge is 2.03. The quantitative estimate of drug-likeness (QED) is 0.462. The highest BCUT2D eigenvalue weighted by molar-refractivity contribution is 6.18. The molecule has 0 fully saturated rings. The van der Waals surface area contributed by atoms with Crippen molar-refractivity contribution in [1.29, 1.82) is 0 Å². The first-order valence-electron chi connectivity index (χ1n) is 5.44. The van der Waals surface area contributed by atoms with Crippen LogP contribution in [0, 0.1) is 0 Å². The third-order valence-electron chi connectivity index (χ3n) is 2.30. The summed E-state index contributed by atoms with van der Waals surface area (Å²) in [7, 11) is 3.27. The molecule has 0 radical (unpaired) electrons. The average molecular weight is 256 g/mol. The van der Waals surface area contributed by atoms with Gasteiger partial charge in [0.2, 0.25) is 0 Å². The van der Waals surface area contributed by atoms with Crippen molar-refractivity contribution < 1.29 is 9.47 Å². The molecule has 94 valence electrons. The highest BCUT2D eigenvalue weighted by atomic mass is 35.5. The minimum atomic E-state index is 0.554. The summed E-state index contributed by atoms with van der Waals surface area (Å²) in [6.45, 7) is 1.59. The molecule has 17 heavy (non-hydrogen) atoms. The first kappa shape index (κ1) is 13.9. The molecule has 0 aromatic heterocycles. The highest BCUT2D eigenvalue weighted by Crippen LogP contribution is 2.27. The number of alkyl halides is 1. The van der Waals surface area contributed by atoms with Crippen LogP contribution in [-0.4, -0.2) is 26.6 Å². The third kappa shape index (κ3) is 4.67. The molecular formula is C13H18ClNO2. The van der Waals surface area contributed by atoms with Crippen LogP contribution in [0.15, 0.2) is 30.4 Å². The van der Waals surface area contributed by atoms with E-state index in [9.17, 15) is 0 Å². The minimum Gasteiger partial charge on any atom is -0.493 e. The van der Waals surface area contributed by atoms with Crippen molar-refractivity contribution in [3.05, 3.63) is 35.9 Å². The molecule has 0 saturated heterocycles. The van der Waals surface area contributed by atoms with Crippen molar-refractivity contribution in [3.63, 3.8) is 0 Å². The molecule has 0 heterocycles. The molecule has 0 spiro atoms. The van der Waals surface area contributed by atoms with Crippen LogP contribution in [-0.2, 0) is 6.54 Å². The van der Waals surface area contributed by atoms with Gasteiger partial charge in [0.15, 0.2) is 11.5 Å². The zero-order chi connectivity index (χ0) is 12.5.